The van der Waals surface area contributed by atoms with Gasteiger partial charge >= 0.3 is 5.97 Å². The summed E-state index contributed by atoms with van der Waals surface area (Å²) in [6, 6.07) is 5.52. The summed E-state index contributed by atoms with van der Waals surface area (Å²) in [5.41, 5.74) is 2.02. The molecule has 0 unspecified atom stereocenters. The smallest absolute Gasteiger partial charge is 0.337 e. The molecule has 2 N–H and O–H groups in total. The summed E-state index contributed by atoms with van der Waals surface area (Å²) in [5, 5.41) is 12.6. The SMILES string of the molecule is Cc1ccc(NC(C)(C)C2CC2)c(C(=O)O)c1. The van der Waals surface area contributed by atoms with Crippen LogP contribution in [0.15, 0.2) is 18.2 Å². The fourth-order valence-corrected chi connectivity index (χ4v) is 2.20. The lowest BCUT2D eigenvalue weighted by molar-refractivity contribution is 0.0697. The summed E-state index contributed by atoms with van der Waals surface area (Å²) in [7, 11) is 0. The number of carboxylic acid groups (broad SMARTS) is 1. The molecule has 92 valence electrons. The number of hydrogen-bond donors (Lipinski definition) is 2. The largest absolute Gasteiger partial charge is 0.478 e. The number of hydrogen-bond acceptors (Lipinski definition) is 2. The van der Waals surface area contributed by atoms with Crippen molar-refractivity contribution in [3.05, 3.63) is 29.3 Å². The molecule has 0 aliphatic heterocycles. The van der Waals surface area contributed by atoms with Crippen LogP contribution in [0.1, 0.15) is 42.6 Å². The molecule has 0 aromatic heterocycles. The van der Waals surface area contributed by atoms with Gasteiger partial charge in [-0.3, -0.25) is 0 Å². The van der Waals surface area contributed by atoms with Crippen molar-refractivity contribution in [3.63, 3.8) is 0 Å². The molecule has 0 atom stereocenters. The van der Waals surface area contributed by atoms with Crippen LogP contribution >= 0.6 is 0 Å². The van der Waals surface area contributed by atoms with E-state index in [9.17, 15) is 9.90 Å². The lowest BCUT2D eigenvalue weighted by atomic mass is 9.97. The third kappa shape index (κ3) is 2.60. The van der Waals surface area contributed by atoms with Gasteiger partial charge in [-0.2, -0.15) is 0 Å². The summed E-state index contributed by atoms with van der Waals surface area (Å²) in [4.78, 5) is 11.2. The van der Waals surface area contributed by atoms with Gasteiger partial charge in [0.1, 0.15) is 0 Å². The number of aryl methyl sites for hydroxylation is 1. The lowest BCUT2D eigenvalue weighted by Gasteiger charge is -2.28. The summed E-state index contributed by atoms with van der Waals surface area (Å²) in [5.74, 6) is -0.215. The van der Waals surface area contributed by atoms with E-state index in [-0.39, 0.29) is 5.54 Å². The minimum Gasteiger partial charge on any atom is -0.478 e. The normalized spacial score (nSPS) is 15.7. The Kier molecular flexibility index (Phi) is 2.86. The second-order valence-electron chi connectivity index (χ2n) is 5.48. The number of nitrogens with one attached hydrogen (secondary N) is 1. The second kappa shape index (κ2) is 4.06. The van der Waals surface area contributed by atoms with Crippen LogP contribution in [0.5, 0.6) is 0 Å². The molecule has 17 heavy (non-hydrogen) atoms. The van der Waals surface area contributed by atoms with Gasteiger partial charge < -0.3 is 10.4 Å². The van der Waals surface area contributed by atoms with E-state index in [2.05, 4.69) is 19.2 Å². The van der Waals surface area contributed by atoms with Crippen LogP contribution in [-0.4, -0.2) is 16.6 Å². The Balaban J connectivity index is 2.28. The fourth-order valence-electron chi connectivity index (χ4n) is 2.20. The highest BCUT2D eigenvalue weighted by Crippen LogP contribution is 2.41. The van der Waals surface area contributed by atoms with Gasteiger partial charge in [0, 0.05) is 11.2 Å². The number of benzene rings is 1. The monoisotopic (exact) mass is 233 g/mol. The Hall–Kier alpha value is -1.51. The molecule has 3 heteroatoms. The first-order valence-corrected chi connectivity index (χ1v) is 6.02. The zero-order chi connectivity index (χ0) is 12.6. The number of carbonyl (C=O) groups is 1. The maximum atomic E-state index is 11.2. The zero-order valence-corrected chi connectivity index (χ0v) is 10.6. The van der Waals surface area contributed by atoms with Gasteiger partial charge in [0.15, 0.2) is 0 Å². The van der Waals surface area contributed by atoms with Crippen LogP contribution in [0.3, 0.4) is 0 Å². The van der Waals surface area contributed by atoms with Crippen LogP contribution in [0, 0.1) is 12.8 Å². The highest BCUT2D eigenvalue weighted by Gasteiger charge is 2.38. The van der Waals surface area contributed by atoms with Crippen molar-refractivity contribution in [2.24, 2.45) is 5.92 Å². The first-order chi connectivity index (χ1) is 7.90. The minimum absolute atomic E-state index is 0.0283. The molecule has 0 heterocycles. The van der Waals surface area contributed by atoms with E-state index in [0.29, 0.717) is 11.5 Å². The highest BCUT2D eigenvalue weighted by atomic mass is 16.4. The van der Waals surface area contributed by atoms with E-state index in [1.165, 1.54) is 12.8 Å². The molecule has 3 nitrogen and oxygen atoms in total. The van der Waals surface area contributed by atoms with Crippen molar-refractivity contribution in [3.8, 4) is 0 Å². The summed E-state index contributed by atoms with van der Waals surface area (Å²) in [6.07, 6.45) is 2.46. The lowest BCUT2D eigenvalue weighted by Crippen LogP contribution is -2.34. The predicted molar refractivity (Wildman–Crippen MR) is 68.6 cm³/mol. The number of carboxylic acids is 1. The fraction of sp³-hybridized carbons (Fsp3) is 0.500. The van der Waals surface area contributed by atoms with Gasteiger partial charge in [-0.1, -0.05) is 11.6 Å². The van der Waals surface area contributed by atoms with E-state index >= 15 is 0 Å². The zero-order valence-electron chi connectivity index (χ0n) is 10.6. The van der Waals surface area contributed by atoms with E-state index in [4.69, 9.17) is 0 Å². The first-order valence-electron chi connectivity index (χ1n) is 6.02. The van der Waals surface area contributed by atoms with Crippen molar-refractivity contribution in [2.45, 2.75) is 39.2 Å². The maximum Gasteiger partial charge on any atom is 0.337 e. The van der Waals surface area contributed by atoms with Crippen molar-refractivity contribution in [1.82, 2.24) is 0 Å². The van der Waals surface area contributed by atoms with Crippen LogP contribution in [0.25, 0.3) is 0 Å². The Morgan fingerprint density at radius 1 is 1.41 bits per heavy atom. The summed E-state index contributed by atoms with van der Waals surface area (Å²) in [6.45, 7) is 6.18. The van der Waals surface area contributed by atoms with E-state index in [0.717, 1.165) is 11.3 Å². The quantitative estimate of drug-likeness (QED) is 0.839. The average Bonchev–Trinajstić information content (AvgIpc) is 3.03. The van der Waals surface area contributed by atoms with E-state index < -0.39 is 5.97 Å². The second-order valence-corrected chi connectivity index (χ2v) is 5.48. The van der Waals surface area contributed by atoms with Crippen LogP contribution in [0.2, 0.25) is 0 Å². The third-order valence-electron chi connectivity index (χ3n) is 3.46. The maximum absolute atomic E-state index is 11.2. The minimum atomic E-state index is -0.872. The Morgan fingerprint density at radius 3 is 2.59 bits per heavy atom. The molecule has 0 spiro atoms. The third-order valence-corrected chi connectivity index (χ3v) is 3.46. The Morgan fingerprint density at radius 2 is 2.06 bits per heavy atom. The molecule has 1 aromatic rings. The number of aromatic carboxylic acids is 1. The molecule has 1 aliphatic carbocycles. The highest BCUT2D eigenvalue weighted by molar-refractivity contribution is 5.94. The van der Waals surface area contributed by atoms with Crippen LogP contribution < -0.4 is 5.32 Å². The van der Waals surface area contributed by atoms with Crippen molar-refractivity contribution < 1.29 is 9.90 Å². The number of rotatable bonds is 4. The topological polar surface area (TPSA) is 49.3 Å². The van der Waals surface area contributed by atoms with Gasteiger partial charge in [0.25, 0.3) is 0 Å². The summed E-state index contributed by atoms with van der Waals surface area (Å²) < 4.78 is 0. The van der Waals surface area contributed by atoms with E-state index in [1.54, 1.807) is 6.07 Å². The van der Waals surface area contributed by atoms with Gasteiger partial charge in [-0.05, 0) is 51.7 Å². The molecule has 0 amide bonds. The molecular weight excluding hydrogens is 214 g/mol. The van der Waals surface area contributed by atoms with Crippen LogP contribution in [0.4, 0.5) is 5.69 Å². The standard InChI is InChI=1S/C14H19NO2/c1-9-4-7-12(11(8-9)13(16)17)15-14(2,3)10-5-6-10/h4,7-8,10,15H,5-6H2,1-3H3,(H,16,17). The van der Waals surface area contributed by atoms with Crippen LogP contribution in [-0.2, 0) is 0 Å². The molecule has 1 saturated carbocycles. The van der Waals surface area contributed by atoms with Gasteiger partial charge in [-0.15, -0.1) is 0 Å². The molecule has 0 bridgehead atoms. The van der Waals surface area contributed by atoms with Gasteiger partial charge in [-0.25, -0.2) is 4.79 Å². The van der Waals surface area contributed by atoms with Gasteiger partial charge in [0.2, 0.25) is 0 Å². The van der Waals surface area contributed by atoms with Crippen molar-refractivity contribution in [2.75, 3.05) is 5.32 Å². The molecule has 0 saturated heterocycles. The average molecular weight is 233 g/mol. The first kappa shape index (κ1) is 12.0. The molecule has 1 fully saturated rings. The molecule has 2 rings (SSSR count). The molecule has 1 aliphatic rings. The molecule has 0 radical (unpaired) electrons. The van der Waals surface area contributed by atoms with Crippen molar-refractivity contribution >= 4 is 11.7 Å². The Bertz CT molecular complexity index is 448. The number of anilines is 1. The molecular formula is C14H19NO2. The van der Waals surface area contributed by atoms with Crippen molar-refractivity contribution in [1.29, 1.82) is 0 Å². The van der Waals surface area contributed by atoms with Gasteiger partial charge in [0.05, 0.1) is 5.56 Å². The Labute approximate surface area is 102 Å². The molecule has 1 aromatic carbocycles. The predicted octanol–water partition coefficient (Wildman–Crippen LogP) is 3.29. The van der Waals surface area contributed by atoms with E-state index in [1.807, 2.05) is 19.1 Å². The summed E-state index contributed by atoms with van der Waals surface area (Å²) >= 11 is 0.